The van der Waals surface area contributed by atoms with E-state index in [-0.39, 0.29) is 5.91 Å². The van der Waals surface area contributed by atoms with Crippen LogP contribution in [0.1, 0.15) is 30.6 Å². The van der Waals surface area contributed by atoms with Gasteiger partial charge in [0.1, 0.15) is 10.6 Å². The van der Waals surface area contributed by atoms with E-state index in [0.29, 0.717) is 17.3 Å². The van der Waals surface area contributed by atoms with Gasteiger partial charge in [0.2, 0.25) is 0 Å². The van der Waals surface area contributed by atoms with Gasteiger partial charge in [0, 0.05) is 20.6 Å². The van der Waals surface area contributed by atoms with Gasteiger partial charge in [-0.2, -0.15) is 4.37 Å². The van der Waals surface area contributed by atoms with Crippen molar-refractivity contribution in [2.24, 2.45) is 5.92 Å². The summed E-state index contributed by atoms with van der Waals surface area (Å²) in [5, 5.41) is 3.43. The maximum atomic E-state index is 11.7. The Morgan fingerprint density at radius 2 is 2.24 bits per heavy atom. The summed E-state index contributed by atoms with van der Waals surface area (Å²) in [5.41, 5.74) is 6.21. The van der Waals surface area contributed by atoms with Crippen LogP contribution in [0.3, 0.4) is 0 Å². The zero-order valence-electron chi connectivity index (χ0n) is 10.8. The Hall–Kier alpha value is -1.30. The lowest BCUT2D eigenvalue weighted by Gasteiger charge is -2.19. The minimum absolute atomic E-state index is 0.178. The Kier molecular flexibility index (Phi) is 4.74. The Labute approximate surface area is 106 Å². The number of nitrogens with two attached hydrogens (primary N) is 1. The van der Waals surface area contributed by atoms with Crippen molar-refractivity contribution < 1.29 is 4.79 Å². The van der Waals surface area contributed by atoms with Gasteiger partial charge in [-0.15, -0.1) is 0 Å². The predicted octanol–water partition coefficient (Wildman–Crippen LogP) is 1.57. The quantitative estimate of drug-likeness (QED) is 0.839. The minimum atomic E-state index is -0.178. The largest absolute Gasteiger partial charge is 0.382 e. The fourth-order valence-corrected chi connectivity index (χ4v) is 2.24. The highest BCUT2D eigenvalue weighted by molar-refractivity contribution is 7.11. The number of anilines is 2. The van der Waals surface area contributed by atoms with Gasteiger partial charge in [-0.25, -0.2) is 0 Å². The highest BCUT2D eigenvalue weighted by atomic mass is 32.1. The molecule has 0 spiro atoms. The predicted molar refractivity (Wildman–Crippen MR) is 72.6 cm³/mol. The van der Waals surface area contributed by atoms with Crippen molar-refractivity contribution in [2.75, 3.05) is 31.3 Å². The van der Waals surface area contributed by atoms with E-state index in [2.05, 4.69) is 23.5 Å². The number of nitrogen functional groups attached to an aromatic ring is 1. The van der Waals surface area contributed by atoms with E-state index >= 15 is 0 Å². The smallest absolute Gasteiger partial charge is 0.257 e. The van der Waals surface area contributed by atoms with Crippen LogP contribution in [0.2, 0.25) is 0 Å². The van der Waals surface area contributed by atoms with E-state index in [1.807, 2.05) is 11.9 Å². The number of hydrogen-bond acceptors (Lipinski definition) is 5. The maximum absolute atomic E-state index is 11.7. The lowest BCUT2D eigenvalue weighted by atomic mass is 10.1. The number of carbonyl (C=O) groups is 1. The number of carbonyl (C=O) groups excluding carboxylic acids is 1. The number of nitrogens with zero attached hydrogens (tertiary/aromatic N) is 2. The lowest BCUT2D eigenvalue weighted by Crippen LogP contribution is -2.25. The number of nitrogens with one attached hydrogen (secondary N) is 1. The van der Waals surface area contributed by atoms with Gasteiger partial charge < -0.3 is 16.0 Å². The summed E-state index contributed by atoms with van der Waals surface area (Å²) < 4.78 is 4.05. The van der Waals surface area contributed by atoms with Crippen LogP contribution in [-0.4, -0.2) is 30.9 Å². The molecule has 0 fully saturated rings. The molecule has 1 aromatic heterocycles. The van der Waals surface area contributed by atoms with E-state index in [0.717, 1.165) is 18.0 Å². The third-order valence-corrected chi connectivity index (χ3v) is 3.52. The first-order valence-electron chi connectivity index (χ1n) is 5.65. The number of aromatic nitrogens is 1. The van der Waals surface area contributed by atoms with Crippen LogP contribution < -0.4 is 16.0 Å². The summed E-state index contributed by atoms with van der Waals surface area (Å²) in [5.74, 6) is 0.759. The molecule has 1 rings (SSSR count). The topological polar surface area (TPSA) is 71.2 Å². The van der Waals surface area contributed by atoms with E-state index in [1.54, 1.807) is 7.05 Å². The maximum Gasteiger partial charge on any atom is 0.257 e. The summed E-state index contributed by atoms with van der Waals surface area (Å²) in [6.07, 6.45) is 1.07. The van der Waals surface area contributed by atoms with E-state index < -0.39 is 0 Å². The van der Waals surface area contributed by atoms with Gasteiger partial charge in [-0.3, -0.25) is 4.79 Å². The molecule has 0 atom stereocenters. The summed E-state index contributed by atoms with van der Waals surface area (Å²) in [6, 6.07) is 0. The van der Waals surface area contributed by atoms with E-state index in [9.17, 15) is 4.79 Å². The Morgan fingerprint density at radius 3 is 2.76 bits per heavy atom. The molecule has 0 aliphatic rings. The second kappa shape index (κ2) is 5.86. The Morgan fingerprint density at radius 1 is 1.59 bits per heavy atom. The third kappa shape index (κ3) is 3.33. The van der Waals surface area contributed by atoms with Crippen molar-refractivity contribution in [3.8, 4) is 0 Å². The van der Waals surface area contributed by atoms with Gasteiger partial charge in [-0.1, -0.05) is 13.8 Å². The average molecular weight is 256 g/mol. The van der Waals surface area contributed by atoms with Crippen molar-refractivity contribution in [3.63, 3.8) is 0 Å². The summed E-state index contributed by atoms with van der Waals surface area (Å²) in [7, 11) is 3.55. The molecule has 0 aliphatic heterocycles. The van der Waals surface area contributed by atoms with Gasteiger partial charge in [0.25, 0.3) is 5.91 Å². The third-order valence-electron chi connectivity index (χ3n) is 2.54. The molecule has 1 amide bonds. The molecule has 17 heavy (non-hydrogen) atoms. The van der Waals surface area contributed by atoms with Crippen LogP contribution in [-0.2, 0) is 0 Å². The van der Waals surface area contributed by atoms with Crippen LogP contribution in [0.5, 0.6) is 0 Å². The molecular weight excluding hydrogens is 236 g/mol. The van der Waals surface area contributed by atoms with Gasteiger partial charge >= 0.3 is 0 Å². The molecule has 5 nitrogen and oxygen atoms in total. The molecule has 0 aromatic carbocycles. The highest BCUT2D eigenvalue weighted by Crippen LogP contribution is 2.29. The molecule has 1 heterocycles. The zero-order chi connectivity index (χ0) is 13.0. The van der Waals surface area contributed by atoms with Crippen molar-refractivity contribution >= 4 is 28.3 Å². The highest BCUT2D eigenvalue weighted by Gasteiger charge is 2.20. The number of hydrogen-bond donors (Lipinski definition) is 2. The first kappa shape index (κ1) is 13.8. The molecule has 6 heteroatoms. The van der Waals surface area contributed by atoms with Crippen LogP contribution in [0, 0.1) is 5.92 Å². The first-order valence-corrected chi connectivity index (χ1v) is 6.43. The SMILES string of the molecule is CNC(=O)c1c(N)nsc1N(C)CCC(C)C. The summed E-state index contributed by atoms with van der Waals surface area (Å²) in [6.45, 7) is 5.24. The molecule has 0 saturated heterocycles. The molecule has 0 saturated carbocycles. The molecule has 0 radical (unpaired) electrons. The normalized spacial score (nSPS) is 10.6. The molecular formula is C11H20N4OS. The summed E-state index contributed by atoms with van der Waals surface area (Å²) in [4.78, 5) is 13.7. The van der Waals surface area contributed by atoms with Crippen molar-refractivity contribution in [1.29, 1.82) is 0 Å². The fraction of sp³-hybridized carbons (Fsp3) is 0.636. The van der Waals surface area contributed by atoms with Gasteiger partial charge in [-0.05, 0) is 23.9 Å². The standard InChI is InChI=1S/C11H20N4OS/c1-7(2)5-6-15(4)11-8(10(16)13-3)9(12)14-17-11/h7H,5-6H2,1-4H3,(H2,12,14)(H,13,16). The zero-order valence-corrected chi connectivity index (χ0v) is 11.6. The van der Waals surface area contributed by atoms with Gasteiger partial charge in [0.05, 0.1) is 0 Å². The molecule has 0 aliphatic carbocycles. The number of rotatable bonds is 5. The second-order valence-electron chi connectivity index (χ2n) is 4.43. The Balaban J connectivity index is 2.86. The monoisotopic (exact) mass is 256 g/mol. The van der Waals surface area contributed by atoms with Crippen molar-refractivity contribution in [1.82, 2.24) is 9.69 Å². The molecule has 3 N–H and O–H groups in total. The fourth-order valence-electron chi connectivity index (χ4n) is 1.45. The molecule has 0 unspecified atom stereocenters. The van der Waals surface area contributed by atoms with Gasteiger partial charge in [0.15, 0.2) is 5.82 Å². The first-order chi connectivity index (χ1) is 7.97. The minimum Gasteiger partial charge on any atom is -0.382 e. The van der Waals surface area contributed by atoms with Crippen molar-refractivity contribution in [3.05, 3.63) is 5.56 Å². The van der Waals surface area contributed by atoms with Crippen LogP contribution in [0.25, 0.3) is 0 Å². The molecule has 96 valence electrons. The number of amides is 1. The van der Waals surface area contributed by atoms with Crippen LogP contribution in [0.15, 0.2) is 0 Å². The molecule has 1 aromatic rings. The van der Waals surface area contributed by atoms with E-state index in [4.69, 9.17) is 5.73 Å². The van der Waals surface area contributed by atoms with Crippen LogP contribution in [0.4, 0.5) is 10.8 Å². The Bertz CT molecular complexity index is 389. The molecule has 0 bridgehead atoms. The van der Waals surface area contributed by atoms with Crippen LogP contribution >= 0.6 is 11.5 Å². The second-order valence-corrected chi connectivity index (χ2v) is 5.18. The lowest BCUT2D eigenvalue weighted by molar-refractivity contribution is 0.0964. The van der Waals surface area contributed by atoms with Crippen molar-refractivity contribution in [2.45, 2.75) is 20.3 Å². The average Bonchev–Trinajstić information content (AvgIpc) is 2.67. The summed E-state index contributed by atoms with van der Waals surface area (Å²) >= 11 is 1.27. The van der Waals surface area contributed by atoms with E-state index in [1.165, 1.54) is 11.5 Å².